The minimum atomic E-state index is 0.264. The van der Waals surface area contributed by atoms with Gasteiger partial charge in [-0.3, -0.25) is 4.99 Å². The lowest BCUT2D eigenvalue weighted by Crippen LogP contribution is -2.32. The molecule has 0 bridgehead atoms. The van der Waals surface area contributed by atoms with Gasteiger partial charge in [0.1, 0.15) is 0 Å². The first-order chi connectivity index (χ1) is 7.09. The fourth-order valence-corrected chi connectivity index (χ4v) is 2.54. The number of nitrogens with two attached hydrogens (primary N) is 1. The Morgan fingerprint density at radius 3 is 2.80 bits per heavy atom. The highest BCUT2D eigenvalue weighted by atomic mass is 79.9. The molecular weight excluding hydrogens is 254 g/mol. The molecule has 1 aromatic rings. The van der Waals surface area contributed by atoms with Crippen molar-refractivity contribution >= 4 is 21.9 Å². The summed E-state index contributed by atoms with van der Waals surface area (Å²) in [6.07, 6.45) is 0. The zero-order valence-electron chi connectivity index (χ0n) is 8.87. The smallest absolute Gasteiger partial charge is 0.191 e. The molecule has 1 atom stereocenters. The predicted molar refractivity (Wildman–Crippen MR) is 65.9 cm³/mol. The summed E-state index contributed by atoms with van der Waals surface area (Å²) in [5, 5.41) is 0. The van der Waals surface area contributed by atoms with Crippen molar-refractivity contribution in [1.29, 1.82) is 0 Å². The topological polar surface area (TPSA) is 41.6 Å². The van der Waals surface area contributed by atoms with E-state index < -0.39 is 0 Å². The van der Waals surface area contributed by atoms with Crippen LogP contribution < -0.4 is 5.73 Å². The van der Waals surface area contributed by atoms with Crippen LogP contribution in [0.1, 0.15) is 17.2 Å². The van der Waals surface area contributed by atoms with Gasteiger partial charge in [-0.05, 0) is 24.1 Å². The molecule has 0 radical (unpaired) electrons. The monoisotopic (exact) mass is 267 g/mol. The van der Waals surface area contributed by atoms with Gasteiger partial charge < -0.3 is 10.6 Å². The molecule has 15 heavy (non-hydrogen) atoms. The average molecular weight is 268 g/mol. The van der Waals surface area contributed by atoms with Crippen molar-refractivity contribution in [2.75, 3.05) is 13.6 Å². The Labute approximate surface area is 98.1 Å². The minimum absolute atomic E-state index is 0.264. The van der Waals surface area contributed by atoms with Crippen LogP contribution in [0.15, 0.2) is 27.7 Å². The third kappa shape index (κ3) is 1.86. The van der Waals surface area contributed by atoms with Crippen molar-refractivity contribution < 1.29 is 0 Å². The lowest BCUT2D eigenvalue weighted by molar-refractivity contribution is 0.413. The second-order valence-corrected chi connectivity index (χ2v) is 4.70. The molecule has 1 unspecified atom stereocenters. The van der Waals surface area contributed by atoms with Gasteiger partial charge in [0.25, 0.3) is 0 Å². The van der Waals surface area contributed by atoms with Crippen molar-refractivity contribution in [3.63, 3.8) is 0 Å². The zero-order chi connectivity index (χ0) is 11.0. The molecule has 0 aromatic heterocycles. The molecule has 2 rings (SSSR count). The van der Waals surface area contributed by atoms with E-state index in [1.807, 2.05) is 11.9 Å². The normalized spacial score (nSPS) is 20.6. The fourth-order valence-electron chi connectivity index (χ4n) is 1.78. The number of aliphatic imine (C=N–C) groups is 1. The second-order valence-electron chi connectivity index (χ2n) is 3.85. The molecule has 2 N–H and O–H groups in total. The van der Waals surface area contributed by atoms with Gasteiger partial charge in [0.2, 0.25) is 0 Å². The molecule has 4 heteroatoms. The minimum Gasteiger partial charge on any atom is -0.370 e. The number of aryl methyl sites for hydroxylation is 1. The summed E-state index contributed by atoms with van der Waals surface area (Å²) in [5.41, 5.74) is 8.24. The van der Waals surface area contributed by atoms with Crippen LogP contribution in [-0.4, -0.2) is 24.5 Å². The lowest BCUT2D eigenvalue weighted by Gasteiger charge is -2.22. The van der Waals surface area contributed by atoms with Crippen LogP contribution in [0, 0.1) is 6.92 Å². The summed E-state index contributed by atoms with van der Waals surface area (Å²) < 4.78 is 1.13. The molecule has 1 heterocycles. The van der Waals surface area contributed by atoms with E-state index in [1.165, 1.54) is 11.1 Å². The molecule has 1 aromatic carbocycles. The largest absolute Gasteiger partial charge is 0.370 e. The Kier molecular flexibility index (Phi) is 2.69. The Morgan fingerprint density at radius 1 is 1.53 bits per heavy atom. The molecule has 0 saturated heterocycles. The average Bonchev–Trinajstić information content (AvgIpc) is 2.49. The summed E-state index contributed by atoms with van der Waals surface area (Å²) in [6, 6.07) is 6.63. The van der Waals surface area contributed by atoms with Gasteiger partial charge in [-0.1, -0.05) is 28.1 Å². The summed E-state index contributed by atoms with van der Waals surface area (Å²) in [7, 11) is 1.97. The van der Waals surface area contributed by atoms with Crippen LogP contribution in [0.2, 0.25) is 0 Å². The standard InChI is InChI=1S/C11H14BrN3/c1-7-3-4-8(9(12)5-7)10-6-14-11(13)15(10)2/h3-5,10H,6H2,1-2H3,(H2,13,14). The van der Waals surface area contributed by atoms with Crippen LogP contribution in [0.3, 0.4) is 0 Å². The number of guanidine groups is 1. The molecule has 3 nitrogen and oxygen atoms in total. The molecule has 1 aliphatic heterocycles. The first-order valence-corrected chi connectivity index (χ1v) is 5.67. The zero-order valence-corrected chi connectivity index (χ0v) is 10.5. The molecule has 0 aliphatic carbocycles. The Bertz CT molecular complexity index is 414. The lowest BCUT2D eigenvalue weighted by atomic mass is 10.1. The molecule has 0 fully saturated rings. The Morgan fingerprint density at radius 2 is 2.27 bits per heavy atom. The number of nitrogens with zero attached hydrogens (tertiary/aromatic N) is 2. The van der Waals surface area contributed by atoms with Crippen molar-refractivity contribution in [2.24, 2.45) is 10.7 Å². The number of benzene rings is 1. The van der Waals surface area contributed by atoms with Gasteiger partial charge in [0, 0.05) is 11.5 Å². The highest BCUT2D eigenvalue weighted by Gasteiger charge is 2.25. The molecule has 80 valence electrons. The number of hydrogen-bond acceptors (Lipinski definition) is 3. The number of likely N-dealkylation sites (N-methyl/N-ethyl adjacent to an activating group) is 1. The van der Waals surface area contributed by atoms with E-state index in [0.717, 1.165) is 11.0 Å². The SMILES string of the molecule is Cc1ccc(C2CN=C(N)N2C)c(Br)c1. The quantitative estimate of drug-likeness (QED) is 0.847. The highest BCUT2D eigenvalue weighted by Crippen LogP contribution is 2.30. The maximum Gasteiger partial charge on any atom is 0.191 e. The van der Waals surface area contributed by atoms with Gasteiger partial charge in [0.05, 0.1) is 12.6 Å². The van der Waals surface area contributed by atoms with Crippen LogP contribution in [-0.2, 0) is 0 Å². The third-order valence-electron chi connectivity index (χ3n) is 2.77. The molecule has 0 saturated carbocycles. The first-order valence-electron chi connectivity index (χ1n) is 4.88. The van der Waals surface area contributed by atoms with Gasteiger partial charge in [-0.25, -0.2) is 0 Å². The first kappa shape index (κ1) is 10.5. The summed E-state index contributed by atoms with van der Waals surface area (Å²) >= 11 is 3.59. The van der Waals surface area contributed by atoms with Crippen LogP contribution in [0.5, 0.6) is 0 Å². The number of rotatable bonds is 1. The van der Waals surface area contributed by atoms with Crippen molar-refractivity contribution in [2.45, 2.75) is 13.0 Å². The van der Waals surface area contributed by atoms with Gasteiger partial charge in [-0.2, -0.15) is 0 Å². The van der Waals surface area contributed by atoms with Crippen molar-refractivity contribution in [3.8, 4) is 0 Å². The Balaban J connectivity index is 2.32. The molecule has 0 spiro atoms. The van der Waals surface area contributed by atoms with Crippen molar-refractivity contribution in [3.05, 3.63) is 33.8 Å². The third-order valence-corrected chi connectivity index (χ3v) is 3.46. The van der Waals surface area contributed by atoms with E-state index in [4.69, 9.17) is 5.73 Å². The van der Waals surface area contributed by atoms with Crippen LogP contribution in [0.25, 0.3) is 0 Å². The molecule has 0 amide bonds. The second kappa shape index (κ2) is 3.85. The van der Waals surface area contributed by atoms with Crippen LogP contribution in [0.4, 0.5) is 0 Å². The highest BCUT2D eigenvalue weighted by molar-refractivity contribution is 9.10. The van der Waals surface area contributed by atoms with E-state index in [0.29, 0.717) is 5.96 Å². The number of halogens is 1. The maximum absolute atomic E-state index is 5.75. The van der Waals surface area contributed by atoms with E-state index in [2.05, 4.69) is 46.0 Å². The fraction of sp³-hybridized carbons (Fsp3) is 0.364. The van der Waals surface area contributed by atoms with E-state index >= 15 is 0 Å². The van der Waals surface area contributed by atoms with Gasteiger partial charge in [-0.15, -0.1) is 0 Å². The molecule has 1 aliphatic rings. The summed E-state index contributed by atoms with van der Waals surface area (Å²) in [5.74, 6) is 0.618. The van der Waals surface area contributed by atoms with Crippen LogP contribution >= 0.6 is 15.9 Å². The predicted octanol–water partition coefficient (Wildman–Crippen LogP) is 2.06. The van der Waals surface area contributed by atoms with E-state index in [9.17, 15) is 0 Å². The van der Waals surface area contributed by atoms with Gasteiger partial charge >= 0.3 is 0 Å². The Hall–Kier alpha value is -1.03. The summed E-state index contributed by atoms with van der Waals surface area (Å²) in [6.45, 7) is 2.82. The summed E-state index contributed by atoms with van der Waals surface area (Å²) in [4.78, 5) is 6.25. The number of hydrogen-bond donors (Lipinski definition) is 1. The van der Waals surface area contributed by atoms with E-state index in [1.54, 1.807) is 0 Å². The van der Waals surface area contributed by atoms with Gasteiger partial charge in [0.15, 0.2) is 5.96 Å². The molecular formula is C11H14BrN3. The maximum atomic E-state index is 5.75. The van der Waals surface area contributed by atoms with Crippen molar-refractivity contribution in [1.82, 2.24) is 4.90 Å². The van der Waals surface area contributed by atoms with E-state index in [-0.39, 0.29) is 6.04 Å².